The van der Waals surface area contributed by atoms with Crippen LogP contribution in [0.1, 0.15) is 19.3 Å². The van der Waals surface area contributed by atoms with Crippen LogP contribution in [-0.4, -0.2) is 38.9 Å². The fourth-order valence-electron chi connectivity index (χ4n) is 3.76. The largest absolute Gasteiger partial charge is 0.463 e. The van der Waals surface area contributed by atoms with E-state index in [9.17, 15) is 8.42 Å². The van der Waals surface area contributed by atoms with E-state index in [1.165, 1.54) is 6.26 Å². The second-order valence-corrected chi connectivity index (χ2v) is 8.34. The predicted octanol–water partition coefficient (Wildman–Crippen LogP) is 2.20. The lowest BCUT2D eigenvalue weighted by molar-refractivity contribution is 0.218. The number of rotatable bonds is 2. The molecule has 5 nitrogen and oxygen atoms in total. The van der Waals surface area contributed by atoms with Crippen molar-refractivity contribution in [3.05, 3.63) is 30.5 Å². The van der Waals surface area contributed by atoms with Crippen LogP contribution < -0.4 is 5.32 Å². The third-order valence-electron chi connectivity index (χ3n) is 5.13. The summed E-state index contributed by atoms with van der Waals surface area (Å²) in [6.45, 7) is 3.23. The summed E-state index contributed by atoms with van der Waals surface area (Å²) < 4.78 is 33.0. The molecule has 1 aromatic heterocycles. The number of nitrogens with zero attached hydrogens (tertiary/aromatic N) is 1. The van der Waals surface area contributed by atoms with Crippen molar-refractivity contribution in [2.75, 3.05) is 26.2 Å². The van der Waals surface area contributed by atoms with Crippen LogP contribution in [0.25, 0.3) is 11.0 Å². The van der Waals surface area contributed by atoms with Crippen LogP contribution in [0, 0.1) is 5.41 Å². The minimum Gasteiger partial charge on any atom is -0.463 e. The predicted molar refractivity (Wildman–Crippen MR) is 84.1 cm³/mol. The molecule has 118 valence electrons. The van der Waals surface area contributed by atoms with Crippen molar-refractivity contribution in [2.45, 2.75) is 24.2 Å². The molecule has 0 bridgehead atoms. The van der Waals surface area contributed by atoms with Gasteiger partial charge in [-0.2, -0.15) is 4.31 Å². The Morgan fingerprint density at radius 3 is 2.73 bits per heavy atom. The van der Waals surface area contributed by atoms with Crippen LogP contribution >= 0.6 is 0 Å². The van der Waals surface area contributed by atoms with Gasteiger partial charge in [-0.1, -0.05) is 12.1 Å². The van der Waals surface area contributed by atoms with Crippen molar-refractivity contribution in [1.29, 1.82) is 0 Å². The van der Waals surface area contributed by atoms with Gasteiger partial charge in [-0.15, -0.1) is 0 Å². The normalized spacial score (nSPS) is 22.5. The highest BCUT2D eigenvalue weighted by molar-refractivity contribution is 7.89. The lowest BCUT2D eigenvalue weighted by atomic mass is 9.78. The molecule has 0 aliphatic carbocycles. The highest BCUT2D eigenvalue weighted by Gasteiger charge is 2.43. The highest BCUT2D eigenvalue weighted by Crippen LogP contribution is 2.41. The molecule has 4 rings (SSSR count). The molecule has 2 aliphatic heterocycles. The van der Waals surface area contributed by atoms with E-state index in [-0.39, 0.29) is 5.41 Å². The topological polar surface area (TPSA) is 62.6 Å². The van der Waals surface area contributed by atoms with Crippen molar-refractivity contribution in [2.24, 2.45) is 5.41 Å². The molecule has 22 heavy (non-hydrogen) atoms. The number of hydrogen-bond acceptors (Lipinski definition) is 4. The summed E-state index contributed by atoms with van der Waals surface area (Å²) in [6, 6.07) is 7.30. The monoisotopic (exact) mass is 320 g/mol. The molecule has 1 N–H and O–H groups in total. The van der Waals surface area contributed by atoms with E-state index in [0.29, 0.717) is 29.0 Å². The molecule has 0 saturated carbocycles. The maximum atomic E-state index is 13.0. The Morgan fingerprint density at radius 2 is 1.91 bits per heavy atom. The van der Waals surface area contributed by atoms with Crippen molar-refractivity contribution >= 4 is 21.0 Å². The summed E-state index contributed by atoms with van der Waals surface area (Å²) in [6.07, 6.45) is 4.47. The molecule has 1 spiro atoms. The van der Waals surface area contributed by atoms with E-state index in [0.717, 1.165) is 32.4 Å². The van der Waals surface area contributed by atoms with Crippen LogP contribution in [-0.2, 0) is 10.0 Å². The summed E-state index contributed by atoms with van der Waals surface area (Å²) in [5.74, 6) is 0. The van der Waals surface area contributed by atoms with Crippen LogP contribution in [0.15, 0.2) is 39.8 Å². The molecule has 0 atom stereocenters. The fraction of sp³-hybridized carbons (Fsp3) is 0.500. The third kappa shape index (κ3) is 2.17. The van der Waals surface area contributed by atoms with E-state index >= 15 is 0 Å². The Balaban J connectivity index is 1.67. The lowest BCUT2D eigenvalue weighted by Gasteiger charge is -2.33. The first-order valence-corrected chi connectivity index (χ1v) is 9.22. The summed E-state index contributed by atoms with van der Waals surface area (Å²) >= 11 is 0. The number of piperidine rings is 1. The molecule has 6 heteroatoms. The molecular weight excluding hydrogens is 300 g/mol. The van der Waals surface area contributed by atoms with Crippen LogP contribution in [0.4, 0.5) is 0 Å². The zero-order valence-electron chi connectivity index (χ0n) is 12.4. The summed E-state index contributed by atoms with van der Waals surface area (Å²) in [5, 5.41) is 4.03. The number of para-hydroxylation sites is 1. The van der Waals surface area contributed by atoms with Gasteiger partial charge in [-0.05, 0) is 49.9 Å². The third-order valence-corrected chi connectivity index (χ3v) is 6.99. The van der Waals surface area contributed by atoms with E-state index in [4.69, 9.17) is 4.42 Å². The molecule has 0 unspecified atom stereocenters. The minimum absolute atomic E-state index is 0.165. The number of nitrogens with one attached hydrogen (secondary N) is 1. The van der Waals surface area contributed by atoms with E-state index in [1.54, 1.807) is 10.4 Å². The standard InChI is InChI=1S/C16H20N2O3S/c19-22(20,15-11-21-14-4-2-1-3-13(14)15)18-10-7-16(12-18)5-8-17-9-6-16/h1-4,11,17H,5-10,12H2. The average molecular weight is 320 g/mol. The molecular formula is C16H20N2O3S. The number of benzene rings is 1. The van der Waals surface area contributed by atoms with Crippen molar-refractivity contribution in [3.63, 3.8) is 0 Å². The maximum Gasteiger partial charge on any atom is 0.246 e. The molecule has 2 aromatic rings. The van der Waals surface area contributed by atoms with Gasteiger partial charge in [0.05, 0.1) is 0 Å². The Kier molecular flexibility index (Phi) is 3.29. The quantitative estimate of drug-likeness (QED) is 0.921. The van der Waals surface area contributed by atoms with Gasteiger partial charge in [0.25, 0.3) is 0 Å². The Morgan fingerprint density at radius 1 is 1.14 bits per heavy atom. The first-order valence-electron chi connectivity index (χ1n) is 7.78. The Hall–Kier alpha value is -1.37. The molecule has 1 aromatic carbocycles. The van der Waals surface area contributed by atoms with Gasteiger partial charge >= 0.3 is 0 Å². The van der Waals surface area contributed by atoms with Crippen LogP contribution in [0.3, 0.4) is 0 Å². The lowest BCUT2D eigenvalue weighted by Crippen LogP contribution is -2.39. The molecule has 0 radical (unpaired) electrons. The smallest absolute Gasteiger partial charge is 0.246 e. The van der Waals surface area contributed by atoms with Gasteiger partial charge in [-0.25, -0.2) is 8.42 Å². The molecule has 3 heterocycles. The highest BCUT2D eigenvalue weighted by atomic mass is 32.2. The van der Waals surface area contributed by atoms with Crippen LogP contribution in [0.5, 0.6) is 0 Å². The molecule has 0 amide bonds. The summed E-state index contributed by atoms with van der Waals surface area (Å²) in [7, 11) is -3.48. The van der Waals surface area contributed by atoms with E-state index < -0.39 is 10.0 Å². The second kappa shape index (κ2) is 5.08. The van der Waals surface area contributed by atoms with Crippen LogP contribution in [0.2, 0.25) is 0 Å². The van der Waals surface area contributed by atoms with Gasteiger partial charge in [0.2, 0.25) is 10.0 Å². The maximum absolute atomic E-state index is 13.0. The van der Waals surface area contributed by atoms with Gasteiger partial charge < -0.3 is 9.73 Å². The van der Waals surface area contributed by atoms with Gasteiger partial charge in [-0.3, -0.25) is 0 Å². The summed E-state index contributed by atoms with van der Waals surface area (Å²) in [5.41, 5.74) is 0.787. The van der Waals surface area contributed by atoms with Gasteiger partial charge in [0.1, 0.15) is 16.7 Å². The molecule has 2 fully saturated rings. The SMILES string of the molecule is O=S(=O)(c1coc2ccccc12)N1CCC2(CCNCC2)C1. The van der Waals surface area contributed by atoms with Crippen molar-refractivity contribution in [3.8, 4) is 0 Å². The van der Waals surface area contributed by atoms with E-state index in [1.807, 2.05) is 18.2 Å². The summed E-state index contributed by atoms with van der Waals surface area (Å²) in [4.78, 5) is 0.300. The second-order valence-electron chi connectivity index (χ2n) is 6.43. The Labute approximate surface area is 130 Å². The number of furan rings is 1. The van der Waals surface area contributed by atoms with Crippen molar-refractivity contribution < 1.29 is 12.8 Å². The Bertz CT molecular complexity index is 791. The first kappa shape index (κ1) is 14.2. The van der Waals surface area contributed by atoms with E-state index in [2.05, 4.69) is 5.32 Å². The number of sulfonamides is 1. The minimum atomic E-state index is -3.48. The number of fused-ring (bicyclic) bond motifs is 1. The average Bonchev–Trinajstić information content (AvgIpc) is 3.13. The molecule has 2 saturated heterocycles. The number of hydrogen-bond donors (Lipinski definition) is 1. The first-order chi connectivity index (χ1) is 10.6. The van der Waals surface area contributed by atoms with Gasteiger partial charge in [0.15, 0.2) is 0 Å². The fourth-order valence-corrected chi connectivity index (χ4v) is 5.43. The van der Waals surface area contributed by atoms with Gasteiger partial charge in [0, 0.05) is 18.5 Å². The molecule has 2 aliphatic rings. The van der Waals surface area contributed by atoms with Crippen molar-refractivity contribution in [1.82, 2.24) is 9.62 Å². The zero-order valence-corrected chi connectivity index (χ0v) is 13.2. The zero-order chi connectivity index (χ0) is 15.2.